The maximum Gasteiger partial charge on any atom is 0.407 e. The number of hydrogen-bond acceptors (Lipinski definition) is 5. The zero-order chi connectivity index (χ0) is 22.3. The van der Waals surface area contributed by atoms with Gasteiger partial charge in [-0.2, -0.15) is 4.31 Å². The highest BCUT2D eigenvalue weighted by atomic mass is 32.2. The lowest BCUT2D eigenvalue weighted by Gasteiger charge is -2.22. The van der Waals surface area contributed by atoms with Gasteiger partial charge < -0.3 is 19.7 Å². The molecule has 1 fully saturated rings. The second kappa shape index (κ2) is 7.92. The second-order valence-corrected chi connectivity index (χ2v) is 10.4. The van der Waals surface area contributed by atoms with E-state index in [9.17, 15) is 23.1 Å². The lowest BCUT2D eigenvalue weighted by Crippen LogP contribution is -2.41. The summed E-state index contributed by atoms with van der Waals surface area (Å²) in [5, 5.41) is 12.6. The van der Waals surface area contributed by atoms with Crippen molar-refractivity contribution >= 4 is 33.0 Å². The lowest BCUT2D eigenvalue weighted by atomic mass is 10.2. The molecule has 10 heteroatoms. The van der Waals surface area contributed by atoms with Gasteiger partial charge in [-0.1, -0.05) is 0 Å². The van der Waals surface area contributed by atoms with Crippen molar-refractivity contribution < 1.29 is 27.9 Å². The third-order valence-electron chi connectivity index (χ3n) is 4.98. The minimum absolute atomic E-state index is 0.133. The molecule has 30 heavy (non-hydrogen) atoms. The summed E-state index contributed by atoms with van der Waals surface area (Å²) in [4.78, 5) is 23.3. The molecule has 1 aliphatic rings. The molecule has 3 rings (SSSR count). The number of nitrogens with one attached hydrogen (secondary N) is 1. The average molecular weight is 438 g/mol. The van der Waals surface area contributed by atoms with E-state index in [1.54, 1.807) is 56.7 Å². The van der Waals surface area contributed by atoms with Gasteiger partial charge in [0.1, 0.15) is 11.6 Å². The van der Waals surface area contributed by atoms with Gasteiger partial charge in [-0.3, -0.25) is 0 Å². The zero-order valence-electron chi connectivity index (χ0n) is 17.5. The van der Waals surface area contributed by atoms with Crippen molar-refractivity contribution in [1.82, 2.24) is 14.2 Å². The molecule has 2 aromatic rings. The van der Waals surface area contributed by atoms with E-state index in [1.165, 1.54) is 10.4 Å². The minimum Gasteiger partial charge on any atom is -0.480 e. The Morgan fingerprint density at radius 3 is 2.60 bits per heavy atom. The number of ether oxygens (including phenoxy) is 1. The fourth-order valence-corrected chi connectivity index (χ4v) is 4.98. The molecule has 1 aromatic carbocycles. The van der Waals surface area contributed by atoms with E-state index >= 15 is 0 Å². The van der Waals surface area contributed by atoms with Gasteiger partial charge in [0.15, 0.2) is 0 Å². The second-order valence-electron chi connectivity index (χ2n) is 8.45. The molecular weight excluding hydrogens is 410 g/mol. The van der Waals surface area contributed by atoms with Crippen molar-refractivity contribution in [1.29, 1.82) is 0 Å². The number of carbonyl (C=O) groups is 2. The Morgan fingerprint density at radius 2 is 1.97 bits per heavy atom. The summed E-state index contributed by atoms with van der Waals surface area (Å²) in [6, 6.07) is 5.26. The SMILES string of the molecule is CC(C(=O)O)n1ccc2cc(S(=O)(=O)N3CC[C@@H](NC(=O)OC(C)(C)C)C3)ccc21. The molecule has 1 amide bonds. The molecule has 9 nitrogen and oxygen atoms in total. The van der Waals surface area contributed by atoms with E-state index < -0.39 is 33.7 Å². The van der Waals surface area contributed by atoms with E-state index in [1.807, 2.05) is 0 Å². The number of rotatable bonds is 5. The maximum absolute atomic E-state index is 13.1. The van der Waals surface area contributed by atoms with Gasteiger partial charge in [-0.15, -0.1) is 0 Å². The average Bonchev–Trinajstić information content (AvgIpc) is 3.25. The summed E-state index contributed by atoms with van der Waals surface area (Å²) in [7, 11) is -3.75. The Labute approximate surface area is 175 Å². The molecule has 2 N–H and O–H groups in total. The number of carbonyl (C=O) groups excluding carboxylic acids is 1. The lowest BCUT2D eigenvalue weighted by molar-refractivity contribution is -0.140. The smallest absolute Gasteiger partial charge is 0.407 e. The quantitative estimate of drug-likeness (QED) is 0.742. The first kappa shape index (κ1) is 22.1. The van der Waals surface area contributed by atoms with Gasteiger partial charge in [-0.05, 0) is 58.4 Å². The maximum atomic E-state index is 13.1. The number of sulfonamides is 1. The summed E-state index contributed by atoms with van der Waals surface area (Å²) < 4.78 is 34.3. The summed E-state index contributed by atoms with van der Waals surface area (Å²) in [6.07, 6.45) is 1.56. The van der Waals surface area contributed by atoms with Crippen LogP contribution in [0.1, 0.15) is 40.2 Å². The summed E-state index contributed by atoms with van der Waals surface area (Å²) in [5.41, 5.74) is 0.0213. The molecule has 0 radical (unpaired) electrons. The monoisotopic (exact) mass is 437 g/mol. The van der Waals surface area contributed by atoms with Crippen molar-refractivity contribution in [3.8, 4) is 0 Å². The van der Waals surface area contributed by atoms with Gasteiger partial charge in [-0.25, -0.2) is 18.0 Å². The predicted molar refractivity (Wildman–Crippen MR) is 111 cm³/mol. The number of aliphatic carboxylic acids is 1. The number of benzene rings is 1. The van der Waals surface area contributed by atoms with Crippen LogP contribution in [0.4, 0.5) is 4.79 Å². The highest BCUT2D eigenvalue weighted by molar-refractivity contribution is 7.89. The van der Waals surface area contributed by atoms with Gasteiger partial charge >= 0.3 is 12.1 Å². The number of carboxylic acids is 1. The Hall–Kier alpha value is -2.59. The third kappa shape index (κ3) is 4.59. The number of alkyl carbamates (subject to hydrolysis) is 1. The van der Waals surface area contributed by atoms with Gasteiger partial charge in [0.25, 0.3) is 0 Å². The molecule has 2 atom stereocenters. The zero-order valence-corrected chi connectivity index (χ0v) is 18.3. The van der Waals surface area contributed by atoms with Crippen molar-refractivity contribution in [2.45, 2.75) is 56.7 Å². The van der Waals surface area contributed by atoms with Crippen LogP contribution in [0.15, 0.2) is 35.4 Å². The topological polar surface area (TPSA) is 118 Å². The van der Waals surface area contributed by atoms with Crippen LogP contribution in [0.5, 0.6) is 0 Å². The van der Waals surface area contributed by atoms with E-state index in [2.05, 4.69) is 5.32 Å². The van der Waals surface area contributed by atoms with Crippen LogP contribution in [-0.4, -0.2) is 59.2 Å². The number of amides is 1. The normalized spacial score (nSPS) is 19.0. The number of fused-ring (bicyclic) bond motifs is 1. The molecule has 2 heterocycles. The van der Waals surface area contributed by atoms with Crippen LogP contribution in [0.3, 0.4) is 0 Å². The van der Waals surface area contributed by atoms with Crippen molar-refractivity contribution in [2.75, 3.05) is 13.1 Å². The first-order valence-electron chi connectivity index (χ1n) is 9.71. The predicted octanol–water partition coefficient (Wildman–Crippen LogP) is 2.57. The molecule has 1 aliphatic heterocycles. The first-order valence-corrected chi connectivity index (χ1v) is 11.2. The Bertz CT molecular complexity index is 1070. The van der Waals surface area contributed by atoms with Crippen LogP contribution >= 0.6 is 0 Å². The Balaban J connectivity index is 1.75. The largest absolute Gasteiger partial charge is 0.480 e. The highest BCUT2D eigenvalue weighted by Crippen LogP contribution is 2.27. The van der Waals surface area contributed by atoms with Crippen molar-refractivity contribution in [3.05, 3.63) is 30.5 Å². The van der Waals surface area contributed by atoms with E-state index in [4.69, 9.17) is 4.74 Å². The fraction of sp³-hybridized carbons (Fsp3) is 0.500. The molecule has 1 saturated heterocycles. The highest BCUT2D eigenvalue weighted by Gasteiger charge is 2.34. The van der Waals surface area contributed by atoms with Crippen molar-refractivity contribution in [3.63, 3.8) is 0 Å². The van der Waals surface area contributed by atoms with Gasteiger partial charge in [0.2, 0.25) is 10.0 Å². The molecule has 0 aliphatic carbocycles. The summed E-state index contributed by atoms with van der Waals surface area (Å²) >= 11 is 0. The Morgan fingerprint density at radius 1 is 1.27 bits per heavy atom. The van der Waals surface area contributed by atoms with Gasteiger partial charge in [0, 0.05) is 36.2 Å². The molecular formula is C20H27N3O6S. The third-order valence-corrected chi connectivity index (χ3v) is 6.84. The standard InChI is InChI=1S/C20H27N3O6S/c1-13(18(24)25)23-10-7-14-11-16(5-6-17(14)23)30(27,28)22-9-8-15(12-22)21-19(26)29-20(2,3)4/h5-7,10-11,13,15H,8-9,12H2,1-4H3,(H,21,26)(H,24,25)/t13?,15-/m1/s1. The molecule has 1 unspecified atom stereocenters. The number of carboxylic acid groups (broad SMARTS) is 1. The minimum atomic E-state index is -3.75. The van der Waals surface area contributed by atoms with E-state index in [0.717, 1.165) is 0 Å². The molecule has 164 valence electrons. The van der Waals surface area contributed by atoms with Crippen LogP contribution in [0, 0.1) is 0 Å². The van der Waals surface area contributed by atoms with Gasteiger partial charge in [0.05, 0.1) is 4.90 Å². The Kier molecular flexibility index (Phi) is 5.83. The van der Waals surface area contributed by atoms with Crippen LogP contribution in [-0.2, 0) is 19.6 Å². The number of aromatic nitrogens is 1. The molecule has 1 aromatic heterocycles. The van der Waals surface area contributed by atoms with Crippen LogP contribution in [0.25, 0.3) is 10.9 Å². The molecule has 0 bridgehead atoms. The number of hydrogen-bond donors (Lipinski definition) is 2. The summed E-state index contributed by atoms with van der Waals surface area (Å²) in [5.74, 6) is -0.968. The van der Waals surface area contributed by atoms with Crippen LogP contribution in [0.2, 0.25) is 0 Å². The molecule has 0 spiro atoms. The van der Waals surface area contributed by atoms with Crippen molar-refractivity contribution in [2.24, 2.45) is 0 Å². The van der Waals surface area contributed by atoms with E-state index in [0.29, 0.717) is 17.3 Å². The number of nitrogens with zero attached hydrogens (tertiary/aromatic N) is 2. The van der Waals surface area contributed by atoms with Crippen LogP contribution < -0.4 is 5.32 Å². The molecule has 0 saturated carbocycles. The fourth-order valence-electron chi connectivity index (χ4n) is 3.45. The summed E-state index contributed by atoms with van der Waals surface area (Å²) in [6.45, 7) is 7.30. The first-order chi connectivity index (χ1) is 13.9. The van der Waals surface area contributed by atoms with E-state index in [-0.39, 0.29) is 24.0 Å².